The molecule has 1 unspecified atom stereocenters. The zero-order valence-corrected chi connectivity index (χ0v) is 12.3. The van der Waals surface area contributed by atoms with Crippen molar-refractivity contribution in [3.63, 3.8) is 0 Å². The average molecular weight is 274 g/mol. The SMILES string of the molecule is c1cn(C2CCCC2)nc1CNC1CN2CCC1CC2. The summed E-state index contributed by atoms with van der Waals surface area (Å²) in [6.45, 7) is 4.82. The molecule has 0 amide bonds. The van der Waals surface area contributed by atoms with Gasteiger partial charge in [0.25, 0.3) is 0 Å². The monoisotopic (exact) mass is 274 g/mol. The number of rotatable bonds is 4. The van der Waals surface area contributed by atoms with E-state index in [4.69, 9.17) is 5.10 Å². The minimum Gasteiger partial charge on any atom is -0.307 e. The van der Waals surface area contributed by atoms with Gasteiger partial charge in [-0.3, -0.25) is 4.68 Å². The first-order valence-corrected chi connectivity index (χ1v) is 8.38. The van der Waals surface area contributed by atoms with Crippen LogP contribution in [0.5, 0.6) is 0 Å². The molecule has 0 spiro atoms. The fraction of sp³-hybridized carbons (Fsp3) is 0.812. The van der Waals surface area contributed by atoms with Gasteiger partial charge in [-0.1, -0.05) is 12.8 Å². The molecule has 5 rings (SSSR count). The van der Waals surface area contributed by atoms with Gasteiger partial charge in [-0.15, -0.1) is 0 Å². The van der Waals surface area contributed by atoms with E-state index >= 15 is 0 Å². The van der Waals surface area contributed by atoms with Crippen molar-refractivity contribution in [2.24, 2.45) is 5.92 Å². The first-order chi connectivity index (χ1) is 9.88. The average Bonchev–Trinajstić information content (AvgIpc) is 3.17. The van der Waals surface area contributed by atoms with Crippen molar-refractivity contribution >= 4 is 0 Å². The van der Waals surface area contributed by atoms with Gasteiger partial charge in [0.1, 0.15) is 0 Å². The number of fused-ring (bicyclic) bond motifs is 3. The summed E-state index contributed by atoms with van der Waals surface area (Å²) in [5.74, 6) is 0.900. The summed E-state index contributed by atoms with van der Waals surface area (Å²) in [5, 5.41) is 8.54. The van der Waals surface area contributed by atoms with E-state index < -0.39 is 0 Å². The van der Waals surface area contributed by atoms with Crippen LogP contribution in [0.25, 0.3) is 0 Å². The summed E-state index contributed by atoms with van der Waals surface area (Å²) in [5.41, 5.74) is 1.22. The molecule has 20 heavy (non-hydrogen) atoms. The van der Waals surface area contributed by atoms with Crippen molar-refractivity contribution in [1.29, 1.82) is 0 Å². The predicted octanol–water partition coefficient (Wildman–Crippen LogP) is 2.18. The molecule has 1 aromatic heterocycles. The molecule has 4 fully saturated rings. The Morgan fingerprint density at radius 1 is 1.15 bits per heavy atom. The van der Waals surface area contributed by atoms with Gasteiger partial charge < -0.3 is 10.2 Å². The lowest BCUT2D eigenvalue weighted by Gasteiger charge is -2.45. The molecule has 1 aliphatic carbocycles. The third-order valence-corrected chi connectivity index (χ3v) is 5.56. The van der Waals surface area contributed by atoms with Crippen molar-refractivity contribution in [2.75, 3.05) is 19.6 Å². The molecule has 1 atom stereocenters. The van der Waals surface area contributed by atoms with E-state index in [1.807, 2.05) is 0 Å². The lowest BCUT2D eigenvalue weighted by atomic mass is 9.84. The van der Waals surface area contributed by atoms with Crippen LogP contribution in [0.1, 0.15) is 50.3 Å². The molecular weight excluding hydrogens is 248 g/mol. The number of nitrogens with zero attached hydrogens (tertiary/aromatic N) is 3. The van der Waals surface area contributed by atoms with Crippen LogP contribution in [-0.2, 0) is 6.54 Å². The minimum atomic E-state index is 0.667. The maximum Gasteiger partial charge on any atom is 0.0762 e. The van der Waals surface area contributed by atoms with Gasteiger partial charge in [-0.05, 0) is 50.8 Å². The van der Waals surface area contributed by atoms with E-state index in [1.165, 1.54) is 63.9 Å². The number of hydrogen-bond acceptors (Lipinski definition) is 3. The van der Waals surface area contributed by atoms with Crippen LogP contribution in [0.2, 0.25) is 0 Å². The molecule has 2 bridgehead atoms. The first-order valence-electron chi connectivity index (χ1n) is 8.38. The highest BCUT2D eigenvalue weighted by Gasteiger charge is 2.33. The minimum absolute atomic E-state index is 0.667. The Balaban J connectivity index is 1.33. The lowest BCUT2D eigenvalue weighted by Crippen LogP contribution is -2.55. The van der Waals surface area contributed by atoms with Crippen molar-refractivity contribution in [2.45, 2.75) is 57.2 Å². The molecule has 1 N–H and O–H groups in total. The number of nitrogens with one attached hydrogen (secondary N) is 1. The van der Waals surface area contributed by atoms with E-state index in [0.717, 1.165) is 12.5 Å². The van der Waals surface area contributed by atoms with E-state index in [1.54, 1.807) is 0 Å². The number of hydrogen-bond donors (Lipinski definition) is 1. The maximum atomic E-state index is 4.78. The highest BCUT2D eigenvalue weighted by Crippen LogP contribution is 2.29. The quantitative estimate of drug-likeness (QED) is 0.913. The van der Waals surface area contributed by atoms with E-state index in [0.29, 0.717) is 12.1 Å². The van der Waals surface area contributed by atoms with Gasteiger partial charge in [0.15, 0.2) is 0 Å². The van der Waals surface area contributed by atoms with Gasteiger partial charge in [0.05, 0.1) is 11.7 Å². The summed E-state index contributed by atoms with van der Waals surface area (Å²) >= 11 is 0. The molecule has 4 heteroatoms. The second kappa shape index (κ2) is 5.49. The Hall–Kier alpha value is -0.870. The predicted molar refractivity (Wildman–Crippen MR) is 79.5 cm³/mol. The Morgan fingerprint density at radius 3 is 2.65 bits per heavy atom. The largest absolute Gasteiger partial charge is 0.307 e. The third-order valence-electron chi connectivity index (χ3n) is 5.56. The van der Waals surface area contributed by atoms with Crippen molar-refractivity contribution < 1.29 is 0 Å². The summed E-state index contributed by atoms with van der Waals surface area (Å²) in [6.07, 6.45) is 10.3. The first kappa shape index (κ1) is 12.8. The molecule has 4 nitrogen and oxygen atoms in total. The third kappa shape index (κ3) is 2.51. The standard InChI is InChI=1S/C16H26N4/c1-2-4-15(3-1)20-10-7-14(18-20)11-17-16-12-19-8-5-13(16)6-9-19/h7,10,13,15-17H,1-6,8-9,11-12H2. The topological polar surface area (TPSA) is 33.1 Å². The summed E-state index contributed by atoms with van der Waals surface area (Å²) in [4.78, 5) is 2.61. The van der Waals surface area contributed by atoms with Crippen LogP contribution in [0.4, 0.5) is 0 Å². The second-order valence-electron chi connectivity index (χ2n) is 6.85. The van der Waals surface area contributed by atoms with Crippen LogP contribution in [0.15, 0.2) is 12.3 Å². The van der Waals surface area contributed by atoms with E-state index in [2.05, 4.69) is 27.2 Å². The summed E-state index contributed by atoms with van der Waals surface area (Å²) < 4.78 is 2.21. The summed E-state index contributed by atoms with van der Waals surface area (Å²) in [7, 11) is 0. The normalized spacial score (nSPS) is 33.9. The molecule has 110 valence electrons. The summed E-state index contributed by atoms with van der Waals surface area (Å²) in [6, 6.07) is 3.56. The fourth-order valence-electron chi connectivity index (χ4n) is 4.28. The van der Waals surface area contributed by atoms with Crippen molar-refractivity contribution in [3.8, 4) is 0 Å². The Kier molecular flexibility index (Phi) is 3.52. The van der Waals surface area contributed by atoms with Crippen LogP contribution >= 0.6 is 0 Å². The van der Waals surface area contributed by atoms with Gasteiger partial charge >= 0.3 is 0 Å². The van der Waals surface area contributed by atoms with Gasteiger partial charge in [-0.2, -0.15) is 5.10 Å². The Morgan fingerprint density at radius 2 is 1.95 bits per heavy atom. The molecule has 4 heterocycles. The molecular formula is C16H26N4. The van der Waals surface area contributed by atoms with Crippen LogP contribution in [0, 0.1) is 5.92 Å². The van der Waals surface area contributed by atoms with Gasteiger partial charge in [0.2, 0.25) is 0 Å². The Labute approximate surface area is 121 Å². The molecule has 1 aromatic rings. The molecule has 0 aromatic carbocycles. The van der Waals surface area contributed by atoms with Crippen LogP contribution in [-0.4, -0.2) is 40.4 Å². The zero-order valence-electron chi connectivity index (χ0n) is 12.3. The second-order valence-corrected chi connectivity index (χ2v) is 6.85. The van der Waals surface area contributed by atoms with Crippen LogP contribution < -0.4 is 5.32 Å². The fourth-order valence-corrected chi connectivity index (χ4v) is 4.28. The Bertz CT molecular complexity index is 441. The number of piperidine rings is 3. The maximum absolute atomic E-state index is 4.78. The van der Waals surface area contributed by atoms with Crippen molar-refractivity contribution in [3.05, 3.63) is 18.0 Å². The molecule has 0 radical (unpaired) electrons. The molecule has 3 saturated heterocycles. The van der Waals surface area contributed by atoms with E-state index in [9.17, 15) is 0 Å². The van der Waals surface area contributed by atoms with E-state index in [-0.39, 0.29) is 0 Å². The van der Waals surface area contributed by atoms with Gasteiger partial charge in [-0.25, -0.2) is 0 Å². The lowest BCUT2D eigenvalue weighted by molar-refractivity contribution is 0.0718. The molecule has 4 aliphatic rings. The molecule has 1 saturated carbocycles. The van der Waals surface area contributed by atoms with Crippen LogP contribution in [0.3, 0.4) is 0 Å². The van der Waals surface area contributed by atoms with Gasteiger partial charge in [0, 0.05) is 25.3 Å². The molecule has 3 aliphatic heterocycles. The zero-order chi connectivity index (χ0) is 13.4. The van der Waals surface area contributed by atoms with Crippen molar-refractivity contribution in [1.82, 2.24) is 20.0 Å². The highest BCUT2D eigenvalue weighted by atomic mass is 15.3. The highest BCUT2D eigenvalue weighted by molar-refractivity contribution is 5.01. The number of aromatic nitrogens is 2. The smallest absolute Gasteiger partial charge is 0.0762 e.